The molecule has 1 aliphatic rings. The van der Waals surface area contributed by atoms with Crippen molar-refractivity contribution in [1.29, 1.82) is 0 Å². The molecular formula is C21H25N3O5. The summed E-state index contributed by atoms with van der Waals surface area (Å²) in [5.74, 6) is 0.345. The van der Waals surface area contributed by atoms with Gasteiger partial charge in [-0.25, -0.2) is 0 Å². The zero-order valence-electron chi connectivity index (χ0n) is 16.4. The van der Waals surface area contributed by atoms with Crippen LogP contribution in [0.4, 0.5) is 17.1 Å². The highest BCUT2D eigenvalue weighted by Gasteiger charge is 2.20. The Hall–Kier alpha value is -3.13. The second kappa shape index (κ2) is 9.88. The van der Waals surface area contributed by atoms with Gasteiger partial charge in [-0.3, -0.25) is 14.9 Å². The highest BCUT2D eigenvalue weighted by atomic mass is 16.6. The molecule has 0 aromatic heterocycles. The molecule has 0 saturated carbocycles. The van der Waals surface area contributed by atoms with Crippen molar-refractivity contribution in [2.45, 2.75) is 19.8 Å². The van der Waals surface area contributed by atoms with Crippen LogP contribution in [0.2, 0.25) is 0 Å². The van der Waals surface area contributed by atoms with Crippen molar-refractivity contribution in [3.8, 4) is 5.75 Å². The van der Waals surface area contributed by atoms with Crippen molar-refractivity contribution < 1.29 is 19.2 Å². The highest BCUT2D eigenvalue weighted by molar-refractivity contribution is 6.06. The zero-order valence-corrected chi connectivity index (χ0v) is 16.4. The van der Waals surface area contributed by atoms with Crippen LogP contribution in [0, 0.1) is 10.1 Å². The first kappa shape index (κ1) is 20.6. The number of amides is 1. The van der Waals surface area contributed by atoms with Crippen molar-refractivity contribution in [2.24, 2.45) is 0 Å². The molecule has 0 bridgehead atoms. The summed E-state index contributed by atoms with van der Waals surface area (Å²) < 4.78 is 11.0. The van der Waals surface area contributed by atoms with Crippen LogP contribution in [-0.2, 0) is 4.74 Å². The second-order valence-electron chi connectivity index (χ2n) is 6.74. The predicted molar refractivity (Wildman–Crippen MR) is 111 cm³/mol. The lowest BCUT2D eigenvalue weighted by Gasteiger charge is -2.30. The third kappa shape index (κ3) is 5.45. The van der Waals surface area contributed by atoms with Crippen LogP contribution >= 0.6 is 0 Å². The molecule has 29 heavy (non-hydrogen) atoms. The van der Waals surface area contributed by atoms with Gasteiger partial charge in [0, 0.05) is 30.8 Å². The summed E-state index contributed by atoms with van der Waals surface area (Å²) in [6.07, 6.45) is 1.98. The van der Waals surface area contributed by atoms with Gasteiger partial charge in [0.05, 0.1) is 36.1 Å². The van der Waals surface area contributed by atoms with Gasteiger partial charge in [0.1, 0.15) is 5.75 Å². The molecule has 0 aliphatic carbocycles. The smallest absolute Gasteiger partial charge is 0.271 e. The van der Waals surface area contributed by atoms with Crippen molar-refractivity contribution in [2.75, 3.05) is 43.1 Å². The minimum absolute atomic E-state index is 0.0178. The molecule has 1 heterocycles. The minimum atomic E-state index is -0.438. The standard InChI is InChI=1S/C21H25N3O5/c1-2-3-11-29-18-6-4-5-16(14-18)21(25)22-19-8-7-17(24(26)27)15-20(19)23-9-12-28-13-10-23/h4-8,14-15H,2-3,9-13H2,1H3,(H,22,25). The number of nitro benzene ring substituents is 1. The van der Waals surface area contributed by atoms with Crippen LogP contribution in [0.15, 0.2) is 42.5 Å². The molecule has 154 valence electrons. The Balaban J connectivity index is 1.80. The van der Waals surface area contributed by atoms with Gasteiger partial charge in [-0.1, -0.05) is 19.4 Å². The van der Waals surface area contributed by atoms with Crippen molar-refractivity contribution in [3.05, 3.63) is 58.1 Å². The minimum Gasteiger partial charge on any atom is -0.494 e. The Labute approximate surface area is 169 Å². The number of nitro groups is 1. The molecule has 3 rings (SSSR count). The molecular weight excluding hydrogens is 374 g/mol. The molecule has 2 aromatic carbocycles. The summed E-state index contributed by atoms with van der Waals surface area (Å²) in [7, 11) is 0. The molecule has 1 amide bonds. The maximum absolute atomic E-state index is 12.8. The summed E-state index contributed by atoms with van der Waals surface area (Å²) in [5, 5.41) is 14.1. The van der Waals surface area contributed by atoms with E-state index in [0.717, 1.165) is 12.8 Å². The Bertz CT molecular complexity index is 865. The quantitative estimate of drug-likeness (QED) is 0.411. The third-order valence-corrected chi connectivity index (χ3v) is 4.65. The number of nitrogens with one attached hydrogen (secondary N) is 1. The van der Waals surface area contributed by atoms with E-state index in [2.05, 4.69) is 12.2 Å². The number of benzene rings is 2. The fourth-order valence-electron chi connectivity index (χ4n) is 3.06. The van der Waals surface area contributed by atoms with E-state index in [-0.39, 0.29) is 11.6 Å². The summed E-state index contributed by atoms with van der Waals surface area (Å²) in [5.41, 5.74) is 1.59. The summed E-state index contributed by atoms with van der Waals surface area (Å²) in [4.78, 5) is 25.5. The molecule has 0 spiro atoms. The van der Waals surface area contributed by atoms with E-state index in [9.17, 15) is 14.9 Å². The first-order chi connectivity index (χ1) is 14.1. The Morgan fingerprint density at radius 1 is 1.24 bits per heavy atom. The lowest BCUT2D eigenvalue weighted by molar-refractivity contribution is -0.384. The summed E-state index contributed by atoms with van der Waals surface area (Å²) >= 11 is 0. The molecule has 2 aromatic rings. The largest absolute Gasteiger partial charge is 0.494 e. The molecule has 1 aliphatic heterocycles. The maximum atomic E-state index is 12.8. The average molecular weight is 399 g/mol. The van der Waals surface area contributed by atoms with Gasteiger partial charge in [0.2, 0.25) is 0 Å². The van der Waals surface area contributed by atoms with Crippen molar-refractivity contribution >= 4 is 23.0 Å². The number of rotatable bonds is 8. The van der Waals surface area contributed by atoms with E-state index < -0.39 is 4.92 Å². The first-order valence-corrected chi connectivity index (χ1v) is 9.74. The average Bonchev–Trinajstić information content (AvgIpc) is 2.75. The van der Waals surface area contributed by atoms with Gasteiger partial charge in [0.25, 0.3) is 11.6 Å². The van der Waals surface area contributed by atoms with Gasteiger partial charge in [-0.15, -0.1) is 0 Å². The number of carbonyl (C=O) groups is 1. The van der Waals surface area contributed by atoms with Gasteiger partial charge < -0.3 is 19.7 Å². The SMILES string of the molecule is CCCCOc1cccc(C(=O)Nc2ccc([N+](=O)[O-])cc2N2CCOCC2)c1. The van der Waals surface area contributed by atoms with Crippen LogP contribution in [0.25, 0.3) is 0 Å². The number of anilines is 2. The van der Waals surface area contributed by atoms with Crippen molar-refractivity contribution in [1.82, 2.24) is 0 Å². The van der Waals surface area contributed by atoms with Gasteiger partial charge in [0.15, 0.2) is 0 Å². The van der Waals surface area contributed by atoms with Crippen LogP contribution in [0.5, 0.6) is 5.75 Å². The number of unbranched alkanes of at least 4 members (excludes halogenated alkanes) is 1. The fourth-order valence-corrected chi connectivity index (χ4v) is 3.06. The number of carbonyl (C=O) groups excluding carboxylic acids is 1. The second-order valence-corrected chi connectivity index (χ2v) is 6.74. The van der Waals surface area contributed by atoms with Crippen LogP contribution in [-0.4, -0.2) is 43.7 Å². The summed E-state index contributed by atoms with van der Waals surface area (Å²) in [6, 6.07) is 11.5. The van der Waals surface area contributed by atoms with Crippen LogP contribution in [0.3, 0.4) is 0 Å². The molecule has 0 radical (unpaired) electrons. The molecule has 8 nitrogen and oxygen atoms in total. The molecule has 0 unspecified atom stereocenters. The van der Waals surface area contributed by atoms with E-state index in [1.54, 1.807) is 24.3 Å². The van der Waals surface area contributed by atoms with Gasteiger partial charge >= 0.3 is 0 Å². The number of non-ortho nitro benzene ring substituents is 1. The van der Waals surface area contributed by atoms with Crippen LogP contribution in [0.1, 0.15) is 30.1 Å². The monoisotopic (exact) mass is 399 g/mol. The van der Waals surface area contributed by atoms with Crippen molar-refractivity contribution in [3.63, 3.8) is 0 Å². The topological polar surface area (TPSA) is 93.9 Å². The van der Waals surface area contributed by atoms with E-state index in [0.29, 0.717) is 55.6 Å². The van der Waals surface area contributed by atoms with E-state index >= 15 is 0 Å². The molecule has 1 N–H and O–H groups in total. The number of morpholine rings is 1. The normalized spacial score (nSPS) is 13.8. The molecule has 8 heteroatoms. The number of nitrogens with zero attached hydrogens (tertiary/aromatic N) is 2. The number of hydrogen-bond donors (Lipinski definition) is 1. The predicted octanol–water partition coefficient (Wildman–Crippen LogP) is 3.86. The highest BCUT2D eigenvalue weighted by Crippen LogP contribution is 2.31. The Morgan fingerprint density at radius 2 is 2.03 bits per heavy atom. The molecule has 0 atom stereocenters. The number of ether oxygens (including phenoxy) is 2. The van der Waals surface area contributed by atoms with E-state index in [1.165, 1.54) is 12.1 Å². The fraction of sp³-hybridized carbons (Fsp3) is 0.381. The molecule has 1 saturated heterocycles. The van der Waals surface area contributed by atoms with Gasteiger partial charge in [-0.2, -0.15) is 0 Å². The van der Waals surface area contributed by atoms with E-state index in [4.69, 9.17) is 9.47 Å². The lowest BCUT2D eigenvalue weighted by Crippen LogP contribution is -2.36. The number of hydrogen-bond acceptors (Lipinski definition) is 6. The maximum Gasteiger partial charge on any atom is 0.271 e. The Morgan fingerprint density at radius 3 is 2.76 bits per heavy atom. The zero-order chi connectivity index (χ0) is 20.6. The van der Waals surface area contributed by atoms with Crippen LogP contribution < -0.4 is 15.0 Å². The Kier molecular flexibility index (Phi) is 7.02. The molecule has 1 fully saturated rings. The summed E-state index contributed by atoms with van der Waals surface area (Å²) in [6.45, 7) is 4.96. The lowest BCUT2D eigenvalue weighted by atomic mass is 10.1. The first-order valence-electron chi connectivity index (χ1n) is 9.74. The van der Waals surface area contributed by atoms with E-state index in [1.807, 2.05) is 11.0 Å². The van der Waals surface area contributed by atoms with Gasteiger partial charge in [-0.05, 0) is 30.7 Å². The third-order valence-electron chi connectivity index (χ3n) is 4.65.